The highest BCUT2D eigenvalue weighted by atomic mass is 16.3. The maximum atomic E-state index is 10.3. The molecule has 0 bridgehead atoms. The van der Waals surface area contributed by atoms with Crippen molar-refractivity contribution in [2.24, 2.45) is 0 Å². The summed E-state index contributed by atoms with van der Waals surface area (Å²) in [5.74, 6) is 0.286. The van der Waals surface area contributed by atoms with Gasteiger partial charge in [-0.3, -0.25) is 0 Å². The fourth-order valence-electron chi connectivity index (χ4n) is 2.21. The van der Waals surface area contributed by atoms with Gasteiger partial charge in [-0.2, -0.15) is 0 Å². The topological polar surface area (TPSA) is 49.2 Å². The van der Waals surface area contributed by atoms with E-state index in [1.807, 2.05) is 32.0 Å². The molecular weight excluding hydrogens is 214 g/mol. The van der Waals surface area contributed by atoms with Crippen LogP contribution in [-0.4, -0.2) is 10.1 Å². The van der Waals surface area contributed by atoms with Crippen LogP contribution in [0, 0.1) is 0 Å². The predicted octanol–water partition coefficient (Wildman–Crippen LogP) is 2.22. The van der Waals surface area contributed by atoms with E-state index in [0.29, 0.717) is 11.1 Å². The zero-order chi connectivity index (χ0) is 12.2. The minimum absolute atomic E-state index is 0.286. The first kappa shape index (κ1) is 10.0. The van der Waals surface area contributed by atoms with Crippen LogP contribution in [-0.2, 0) is 0 Å². The molecule has 3 rings (SSSR count). The van der Waals surface area contributed by atoms with Crippen molar-refractivity contribution < 1.29 is 9.52 Å². The van der Waals surface area contributed by atoms with Crippen molar-refractivity contribution in [3.8, 4) is 5.75 Å². The molecule has 0 amide bonds. The van der Waals surface area contributed by atoms with Gasteiger partial charge in [0.15, 0.2) is 11.1 Å². The van der Waals surface area contributed by atoms with Crippen LogP contribution in [0.3, 0.4) is 0 Å². The average molecular weight is 227 g/mol. The van der Waals surface area contributed by atoms with Gasteiger partial charge in [0.2, 0.25) is 0 Å². The monoisotopic (exact) mass is 227 g/mol. The third-order valence-electron chi connectivity index (χ3n) is 3.02. The quantitative estimate of drug-likeness (QED) is 0.618. The first-order valence-electron chi connectivity index (χ1n) is 5.47. The Balaban J connectivity index is 2.67. The smallest absolute Gasteiger partial charge is 0.190 e. The molecule has 3 aromatic rings. The number of aromatic amines is 1. The average Bonchev–Trinajstić information content (AvgIpc) is 2.78. The highest BCUT2D eigenvalue weighted by Crippen LogP contribution is 2.30. The Morgan fingerprint density at radius 2 is 2.12 bits per heavy atom. The van der Waals surface area contributed by atoms with E-state index in [2.05, 4.69) is 11.6 Å². The molecule has 0 unspecified atom stereocenters. The van der Waals surface area contributed by atoms with E-state index in [4.69, 9.17) is 4.42 Å². The van der Waals surface area contributed by atoms with Crippen LogP contribution in [0.15, 0.2) is 22.6 Å². The Morgan fingerprint density at radius 1 is 1.35 bits per heavy atom. The van der Waals surface area contributed by atoms with E-state index in [-0.39, 0.29) is 5.75 Å². The van der Waals surface area contributed by atoms with Gasteiger partial charge in [-0.05, 0) is 37.9 Å². The minimum atomic E-state index is 0.286. The van der Waals surface area contributed by atoms with Crippen molar-refractivity contribution in [3.05, 3.63) is 29.0 Å². The maximum absolute atomic E-state index is 10.3. The molecule has 0 saturated carbocycles. The lowest BCUT2D eigenvalue weighted by Crippen LogP contribution is -1.97. The van der Waals surface area contributed by atoms with Gasteiger partial charge in [0.05, 0.1) is 10.9 Å². The molecule has 0 aliphatic rings. The van der Waals surface area contributed by atoms with Gasteiger partial charge in [0, 0.05) is 5.22 Å². The maximum Gasteiger partial charge on any atom is 0.190 e. The summed E-state index contributed by atoms with van der Waals surface area (Å²) < 4.78 is 5.52. The van der Waals surface area contributed by atoms with Gasteiger partial charge in [-0.1, -0.05) is 11.6 Å². The fraction of sp³-hybridized carbons (Fsp3) is 0.143. The van der Waals surface area contributed by atoms with E-state index < -0.39 is 0 Å². The summed E-state index contributed by atoms with van der Waals surface area (Å²) in [5, 5.41) is 12.9. The number of rotatable bonds is 0. The van der Waals surface area contributed by atoms with Gasteiger partial charge >= 0.3 is 0 Å². The summed E-state index contributed by atoms with van der Waals surface area (Å²) in [6, 6.07) is 5.88. The lowest BCUT2D eigenvalue weighted by Gasteiger charge is -1.93. The van der Waals surface area contributed by atoms with Crippen molar-refractivity contribution in [2.75, 3.05) is 0 Å². The van der Waals surface area contributed by atoms with Crippen molar-refractivity contribution in [1.29, 1.82) is 0 Å². The Morgan fingerprint density at radius 3 is 2.82 bits per heavy atom. The number of hydrogen-bond donors (Lipinski definition) is 2. The standard InChI is InChI=1S/C14H13NO2/c1-7(2)10-6-9-4-5-11-14(12(9)13(10)16)17-8(3)15-11/h4-6,15-16H,3H2,1-2H3. The molecule has 1 aromatic heterocycles. The zero-order valence-corrected chi connectivity index (χ0v) is 9.79. The largest absolute Gasteiger partial charge is 0.507 e. The molecule has 3 heteroatoms. The number of oxazole rings is 1. The molecular formula is C14H13NO2. The molecule has 0 aliphatic heterocycles. The highest BCUT2D eigenvalue weighted by Gasteiger charge is 2.12. The van der Waals surface area contributed by atoms with Crippen LogP contribution >= 0.6 is 0 Å². The summed E-state index contributed by atoms with van der Waals surface area (Å²) in [5.41, 5.74) is 3.09. The molecule has 0 spiro atoms. The summed E-state index contributed by atoms with van der Waals surface area (Å²) in [6.45, 7) is 7.68. The Bertz CT molecular complexity index is 832. The molecule has 0 atom stereocenters. The van der Waals surface area contributed by atoms with Gasteiger partial charge in [0.25, 0.3) is 0 Å². The molecule has 0 fully saturated rings. The molecule has 2 aromatic carbocycles. The SMILES string of the molecule is C=c1[nH]c2ccc3cc(=C(C)C)c(O)c3c2o1. The molecule has 86 valence electrons. The zero-order valence-electron chi connectivity index (χ0n) is 9.79. The van der Waals surface area contributed by atoms with Crippen LogP contribution in [0.5, 0.6) is 5.75 Å². The molecule has 1 heterocycles. The first-order valence-corrected chi connectivity index (χ1v) is 5.47. The number of H-pyrrole nitrogens is 1. The Hall–Kier alpha value is -2.16. The third kappa shape index (κ3) is 1.29. The Labute approximate surface area is 97.7 Å². The van der Waals surface area contributed by atoms with E-state index in [1.54, 1.807) is 0 Å². The van der Waals surface area contributed by atoms with Gasteiger partial charge in [-0.15, -0.1) is 0 Å². The van der Waals surface area contributed by atoms with Crippen LogP contribution in [0.2, 0.25) is 0 Å². The summed E-state index contributed by atoms with van der Waals surface area (Å²) in [4.78, 5) is 3.02. The molecule has 17 heavy (non-hydrogen) atoms. The van der Waals surface area contributed by atoms with Crippen LogP contribution in [0.4, 0.5) is 0 Å². The number of nitrogens with one attached hydrogen (secondary N) is 1. The van der Waals surface area contributed by atoms with Gasteiger partial charge in [-0.25, -0.2) is 0 Å². The first-order chi connectivity index (χ1) is 8.08. The lowest BCUT2D eigenvalue weighted by atomic mass is 10.2. The second-order valence-electron chi connectivity index (χ2n) is 4.46. The molecule has 0 radical (unpaired) electrons. The normalized spacial score (nSPS) is 11.4. The minimum Gasteiger partial charge on any atom is -0.507 e. The molecule has 0 saturated heterocycles. The van der Waals surface area contributed by atoms with E-state index in [0.717, 1.165) is 27.1 Å². The molecule has 0 aliphatic carbocycles. The second kappa shape index (κ2) is 3.17. The second-order valence-corrected chi connectivity index (χ2v) is 4.46. The summed E-state index contributed by atoms with van der Waals surface area (Å²) >= 11 is 0. The van der Waals surface area contributed by atoms with Gasteiger partial charge < -0.3 is 14.5 Å². The van der Waals surface area contributed by atoms with Crippen molar-refractivity contribution in [1.82, 2.24) is 4.98 Å². The lowest BCUT2D eigenvalue weighted by molar-refractivity contribution is 0.477. The van der Waals surface area contributed by atoms with Crippen molar-refractivity contribution >= 4 is 34.0 Å². The van der Waals surface area contributed by atoms with E-state index in [9.17, 15) is 5.11 Å². The third-order valence-corrected chi connectivity index (χ3v) is 3.02. The van der Waals surface area contributed by atoms with E-state index >= 15 is 0 Å². The van der Waals surface area contributed by atoms with Crippen molar-refractivity contribution in [2.45, 2.75) is 13.8 Å². The number of benzene rings is 1. The number of hydrogen-bond acceptors (Lipinski definition) is 2. The summed E-state index contributed by atoms with van der Waals surface area (Å²) in [7, 11) is 0. The predicted molar refractivity (Wildman–Crippen MR) is 69.3 cm³/mol. The van der Waals surface area contributed by atoms with Gasteiger partial charge in [0.1, 0.15) is 5.75 Å². The van der Waals surface area contributed by atoms with Crippen LogP contribution < -0.4 is 10.8 Å². The fourth-order valence-corrected chi connectivity index (χ4v) is 2.21. The Kier molecular flexibility index (Phi) is 1.87. The summed E-state index contributed by atoms with van der Waals surface area (Å²) in [6.07, 6.45) is 0. The number of fused-ring (bicyclic) bond motifs is 3. The van der Waals surface area contributed by atoms with E-state index in [1.165, 1.54) is 0 Å². The highest BCUT2D eigenvalue weighted by molar-refractivity contribution is 6.07. The van der Waals surface area contributed by atoms with Crippen LogP contribution in [0.1, 0.15) is 13.8 Å². The molecule has 2 N–H and O–H groups in total. The number of aromatic hydroxyl groups is 1. The van der Waals surface area contributed by atoms with Crippen molar-refractivity contribution in [3.63, 3.8) is 0 Å². The number of aromatic nitrogens is 1. The molecule has 3 nitrogen and oxygen atoms in total. The van der Waals surface area contributed by atoms with Crippen LogP contribution in [0.25, 0.3) is 34.0 Å².